The minimum atomic E-state index is -0.884. The topological polar surface area (TPSA) is 119 Å². The third kappa shape index (κ3) is 3.31. The molecule has 7 heteroatoms. The number of nitrogens with one attached hydrogen (secondary N) is 2. The molecular weight excluding hydrogens is 244 g/mol. The Kier molecular flexibility index (Phi) is 4.66. The zero-order chi connectivity index (χ0) is 14.6. The maximum Gasteiger partial charge on any atom is 0.243 e. The van der Waals surface area contributed by atoms with Gasteiger partial charge in [0.25, 0.3) is 0 Å². The average Bonchev–Trinajstić information content (AvgIpc) is 2.37. The first kappa shape index (κ1) is 15.2. The number of aryl methyl sites for hydroxylation is 1. The van der Waals surface area contributed by atoms with Crippen molar-refractivity contribution in [3.63, 3.8) is 0 Å². The van der Waals surface area contributed by atoms with Crippen molar-refractivity contribution >= 4 is 17.5 Å². The van der Waals surface area contributed by atoms with Crippen LogP contribution >= 0.6 is 0 Å². The number of aromatic nitrogens is 2. The fourth-order valence-electron chi connectivity index (χ4n) is 1.55. The van der Waals surface area contributed by atoms with Gasteiger partial charge in [0.05, 0.1) is 0 Å². The SMILES string of the molecule is CCc1nc(NN)cc(NC(C)(C(N)=O)C(C)C)n1. The molecular formula is C12H22N6O. The van der Waals surface area contributed by atoms with Crippen LogP contribution in [0.25, 0.3) is 0 Å². The zero-order valence-electron chi connectivity index (χ0n) is 11.8. The van der Waals surface area contributed by atoms with Crippen molar-refractivity contribution in [2.24, 2.45) is 17.5 Å². The molecule has 19 heavy (non-hydrogen) atoms. The summed E-state index contributed by atoms with van der Waals surface area (Å²) < 4.78 is 0. The van der Waals surface area contributed by atoms with Gasteiger partial charge in [-0.3, -0.25) is 4.79 Å². The number of carbonyl (C=O) groups excluding carboxylic acids is 1. The summed E-state index contributed by atoms with van der Waals surface area (Å²) >= 11 is 0. The molecule has 0 saturated carbocycles. The van der Waals surface area contributed by atoms with E-state index in [1.807, 2.05) is 20.8 Å². The summed E-state index contributed by atoms with van der Waals surface area (Å²) in [5.74, 6) is 6.60. The molecule has 0 aliphatic carbocycles. The van der Waals surface area contributed by atoms with Crippen molar-refractivity contribution in [3.8, 4) is 0 Å². The number of anilines is 2. The second-order valence-corrected chi connectivity index (χ2v) is 4.90. The Morgan fingerprint density at radius 1 is 1.42 bits per heavy atom. The highest BCUT2D eigenvalue weighted by atomic mass is 16.1. The van der Waals surface area contributed by atoms with E-state index in [0.29, 0.717) is 23.9 Å². The Morgan fingerprint density at radius 3 is 2.42 bits per heavy atom. The number of nitrogens with zero attached hydrogens (tertiary/aromatic N) is 2. The van der Waals surface area contributed by atoms with Crippen molar-refractivity contribution in [2.45, 2.75) is 39.7 Å². The van der Waals surface area contributed by atoms with Crippen LogP contribution in [0.4, 0.5) is 11.6 Å². The Hall–Kier alpha value is -1.89. The maximum atomic E-state index is 11.7. The smallest absolute Gasteiger partial charge is 0.243 e. The summed E-state index contributed by atoms with van der Waals surface area (Å²) in [5, 5.41) is 3.08. The fraction of sp³-hybridized carbons (Fsp3) is 0.583. The normalized spacial score (nSPS) is 14.0. The Balaban J connectivity index is 3.13. The molecule has 0 fully saturated rings. The van der Waals surface area contributed by atoms with Gasteiger partial charge in [-0.1, -0.05) is 20.8 Å². The molecule has 1 amide bonds. The summed E-state index contributed by atoms with van der Waals surface area (Å²) in [6.45, 7) is 7.53. The monoisotopic (exact) mass is 266 g/mol. The maximum absolute atomic E-state index is 11.7. The van der Waals surface area contributed by atoms with Crippen molar-refractivity contribution in [1.29, 1.82) is 0 Å². The molecule has 0 radical (unpaired) electrons. The van der Waals surface area contributed by atoms with Gasteiger partial charge in [0, 0.05) is 12.5 Å². The molecule has 6 N–H and O–H groups in total. The van der Waals surface area contributed by atoms with Gasteiger partial charge in [0.2, 0.25) is 5.91 Å². The van der Waals surface area contributed by atoms with E-state index in [2.05, 4.69) is 20.7 Å². The number of rotatable bonds is 6. The number of amides is 1. The number of hydrazine groups is 1. The lowest BCUT2D eigenvalue weighted by atomic mass is 9.87. The van der Waals surface area contributed by atoms with Crippen LogP contribution in [0.2, 0.25) is 0 Å². The third-order valence-corrected chi connectivity index (χ3v) is 3.29. The first-order chi connectivity index (χ1) is 8.83. The largest absolute Gasteiger partial charge is 0.368 e. The molecule has 0 spiro atoms. The summed E-state index contributed by atoms with van der Waals surface area (Å²) in [7, 11) is 0. The molecule has 0 saturated heterocycles. The molecule has 106 valence electrons. The van der Waals surface area contributed by atoms with Crippen LogP contribution in [-0.2, 0) is 11.2 Å². The molecule has 1 rings (SSSR count). The van der Waals surface area contributed by atoms with Crippen LogP contribution in [0.3, 0.4) is 0 Å². The first-order valence-electron chi connectivity index (χ1n) is 6.26. The molecule has 1 aromatic heterocycles. The molecule has 1 unspecified atom stereocenters. The van der Waals surface area contributed by atoms with Crippen LogP contribution in [0, 0.1) is 5.92 Å². The quantitative estimate of drug-likeness (QED) is 0.443. The fourth-order valence-corrected chi connectivity index (χ4v) is 1.55. The van der Waals surface area contributed by atoms with Crippen LogP contribution in [0.15, 0.2) is 6.07 Å². The second-order valence-electron chi connectivity index (χ2n) is 4.90. The van der Waals surface area contributed by atoms with Crippen LogP contribution in [-0.4, -0.2) is 21.4 Å². The van der Waals surface area contributed by atoms with E-state index in [1.165, 1.54) is 0 Å². The van der Waals surface area contributed by atoms with Gasteiger partial charge in [-0.2, -0.15) is 0 Å². The summed E-state index contributed by atoms with van der Waals surface area (Å²) in [6.07, 6.45) is 0.666. The Labute approximate surface area is 113 Å². The summed E-state index contributed by atoms with van der Waals surface area (Å²) in [5.41, 5.74) is 7.07. The number of nitrogens with two attached hydrogens (primary N) is 2. The van der Waals surface area contributed by atoms with E-state index in [0.717, 1.165) is 0 Å². The number of hydrogen-bond acceptors (Lipinski definition) is 6. The lowest BCUT2D eigenvalue weighted by molar-refractivity contribution is -0.123. The van der Waals surface area contributed by atoms with Gasteiger partial charge in [0.15, 0.2) is 0 Å². The second kappa shape index (κ2) is 5.83. The Morgan fingerprint density at radius 2 is 2.00 bits per heavy atom. The van der Waals surface area contributed by atoms with Crippen molar-refractivity contribution in [1.82, 2.24) is 9.97 Å². The molecule has 0 aromatic carbocycles. The molecule has 1 heterocycles. The standard InChI is InChI=1S/C12H22N6O/c1-5-8-15-9(6-10(16-8)18-14)17-12(4,7(2)3)11(13)19/h6-7H,5,14H2,1-4H3,(H2,13,19)(H2,15,16,17,18). The zero-order valence-corrected chi connectivity index (χ0v) is 11.8. The molecule has 0 bridgehead atoms. The van der Waals surface area contributed by atoms with E-state index in [1.54, 1.807) is 13.0 Å². The summed E-state index contributed by atoms with van der Waals surface area (Å²) in [4.78, 5) is 20.2. The number of nitrogen functional groups attached to an aromatic ring is 1. The van der Waals surface area contributed by atoms with Crippen molar-refractivity contribution < 1.29 is 4.79 Å². The van der Waals surface area contributed by atoms with Gasteiger partial charge >= 0.3 is 0 Å². The van der Waals surface area contributed by atoms with E-state index >= 15 is 0 Å². The number of carbonyl (C=O) groups is 1. The molecule has 1 aromatic rings. The summed E-state index contributed by atoms with van der Waals surface area (Å²) in [6, 6.07) is 1.64. The highest BCUT2D eigenvalue weighted by Crippen LogP contribution is 2.23. The average molecular weight is 266 g/mol. The van der Waals surface area contributed by atoms with E-state index < -0.39 is 11.4 Å². The van der Waals surface area contributed by atoms with E-state index in [9.17, 15) is 4.79 Å². The van der Waals surface area contributed by atoms with Gasteiger partial charge in [0.1, 0.15) is 23.0 Å². The van der Waals surface area contributed by atoms with Crippen molar-refractivity contribution in [3.05, 3.63) is 11.9 Å². The molecule has 0 aliphatic rings. The van der Waals surface area contributed by atoms with Gasteiger partial charge in [-0.15, -0.1) is 0 Å². The minimum Gasteiger partial charge on any atom is -0.368 e. The first-order valence-corrected chi connectivity index (χ1v) is 6.26. The third-order valence-electron chi connectivity index (χ3n) is 3.29. The van der Waals surface area contributed by atoms with Crippen LogP contribution in [0.5, 0.6) is 0 Å². The highest BCUT2D eigenvalue weighted by Gasteiger charge is 2.35. The number of hydrogen-bond donors (Lipinski definition) is 4. The van der Waals surface area contributed by atoms with Crippen LogP contribution < -0.4 is 22.3 Å². The minimum absolute atomic E-state index is 0.0133. The predicted molar refractivity (Wildman–Crippen MR) is 75.3 cm³/mol. The molecule has 0 aliphatic heterocycles. The van der Waals surface area contributed by atoms with Crippen LogP contribution in [0.1, 0.15) is 33.5 Å². The van der Waals surface area contributed by atoms with E-state index in [-0.39, 0.29) is 5.92 Å². The lowest BCUT2D eigenvalue weighted by Gasteiger charge is -2.32. The Bertz CT molecular complexity index is 439. The highest BCUT2D eigenvalue weighted by molar-refractivity contribution is 5.87. The van der Waals surface area contributed by atoms with Gasteiger partial charge < -0.3 is 16.5 Å². The lowest BCUT2D eigenvalue weighted by Crippen LogP contribution is -2.52. The van der Waals surface area contributed by atoms with E-state index in [4.69, 9.17) is 11.6 Å². The van der Waals surface area contributed by atoms with Gasteiger partial charge in [-0.25, -0.2) is 15.8 Å². The van der Waals surface area contributed by atoms with Crippen molar-refractivity contribution in [2.75, 3.05) is 10.7 Å². The molecule has 1 atom stereocenters. The predicted octanol–water partition coefficient (Wildman–Crippen LogP) is 0.637. The molecule has 7 nitrogen and oxygen atoms in total. The van der Waals surface area contributed by atoms with Gasteiger partial charge in [-0.05, 0) is 12.8 Å². The number of primary amides is 1.